The maximum atomic E-state index is 9.28. The van der Waals surface area contributed by atoms with Crippen molar-refractivity contribution in [3.05, 3.63) is 57.6 Å². The monoisotopic (exact) mass is 369 g/mol. The number of aliphatic hydroxyl groups excluding tert-OH is 1. The summed E-state index contributed by atoms with van der Waals surface area (Å²) < 4.78 is 11.2. The van der Waals surface area contributed by atoms with Crippen LogP contribution in [0.25, 0.3) is 0 Å². The van der Waals surface area contributed by atoms with Crippen molar-refractivity contribution in [1.29, 1.82) is 0 Å². The third-order valence-corrected chi connectivity index (χ3v) is 3.89. The standard InChI is InChI=1S/C18H21Cl2NO3/c1-12(22)9-21-10-14-7-16(20)18(17(8-14)23-2)24-11-13-3-5-15(19)6-4-13/h3-8,12,21-22H,9-11H2,1-2H3/t12-/m0/s1. The van der Waals surface area contributed by atoms with Gasteiger partial charge in [0.25, 0.3) is 0 Å². The summed E-state index contributed by atoms with van der Waals surface area (Å²) in [4.78, 5) is 0. The van der Waals surface area contributed by atoms with Gasteiger partial charge in [-0.3, -0.25) is 0 Å². The van der Waals surface area contributed by atoms with Crippen LogP contribution in [0.2, 0.25) is 10.0 Å². The van der Waals surface area contributed by atoms with Crippen LogP contribution in [-0.4, -0.2) is 24.9 Å². The topological polar surface area (TPSA) is 50.7 Å². The lowest BCUT2D eigenvalue weighted by atomic mass is 10.2. The van der Waals surface area contributed by atoms with Crippen LogP contribution in [-0.2, 0) is 13.2 Å². The summed E-state index contributed by atoms with van der Waals surface area (Å²) in [5.74, 6) is 1.08. The number of ether oxygens (including phenoxy) is 2. The Labute approximate surface area is 152 Å². The number of benzene rings is 2. The SMILES string of the molecule is COc1cc(CNC[C@H](C)O)cc(Cl)c1OCc1ccc(Cl)cc1. The van der Waals surface area contributed by atoms with Gasteiger partial charge < -0.3 is 19.9 Å². The number of rotatable bonds is 8. The Bertz CT molecular complexity index is 660. The Morgan fingerprint density at radius 2 is 1.83 bits per heavy atom. The van der Waals surface area contributed by atoms with Crippen molar-refractivity contribution in [3.63, 3.8) is 0 Å². The van der Waals surface area contributed by atoms with Crippen molar-refractivity contribution in [3.8, 4) is 11.5 Å². The molecule has 0 fully saturated rings. The molecule has 2 rings (SSSR count). The second-order valence-electron chi connectivity index (χ2n) is 5.50. The van der Waals surface area contributed by atoms with Gasteiger partial charge in [-0.25, -0.2) is 0 Å². The van der Waals surface area contributed by atoms with Crippen LogP contribution >= 0.6 is 23.2 Å². The molecule has 0 amide bonds. The number of aliphatic hydroxyl groups is 1. The largest absolute Gasteiger partial charge is 0.493 e. The second kappa shape index (κ2) is 9.14. The number of nitrogens with one attached hydrogen (secondary N) is 1. The number of halogens is 2. The summed E-state index contributed by atoms with van der Waals surface area (Å²) in [6, 6.07) is 11.1. The van der Waals surface area contributed by atoms with Gasteiger partial charge in [0.1, 0.15) is 6.61 Å². The fraction of sp³-hybridized carbons (Fsp3) is 0.333. The molecule has 2 N–H and O–H groups in total. The van der Waals surface area contributed by atoms with E-state index in [-0.39, 0.29) is 0 Å². The van der Waals surface area contributed by atoms with Gasteiger partial charge in [-0.15, -0.1) is 0 Å². The first-order valence-corrected chi connectivity index (χ1v) is 8.37. The first-order chi connectivity index (χ1) is 11.5. The molecule has 0 saturated carbocycles. The van der Waals surface area contributed by atoms with Crippen LogP contribution in [0.5, 0.6) is 11.5 Å². The maximum Gasteiger partial charge on any atom is 0.180 e. The Hall–Kier alpha value is -1.46. The third-order valence-electron chi connectivity index (χ3n) is 3.35. The summed E-state index contributed by atoms with van der Waals surface area (Å²) in [7, 11) is 1.58. The first kappa shape index (κ1) is 18.9. The normalized spacial score (nSPS) is 12.0. The second-order valence-corrected chi connectivity index (χ2v) is 6.35. The van der Waals surface area contributed by atoms with E-state index in [0.29, 0.717) is 41.2 Å². The fourth-order valence-electron chi connectivity index (χ4n) is 2.18. The van der Waals surface area contributed by atoms with Crippen molar-refractivity contribution >= 4 is 23.2 Å². The van der Waals surface area contributed by atoms with Crippen LogP contribution in [0.15, 0.2) is 36.4 Å². The van der Waals surface area contributed by atoms with Crippen LogP contribution < -0.4 is 14.8 Å². The molecular formula is C18H21Cl2NO3. The van der Waals surface area contributed by atoms with Crippen LogP contribution in [0, 0.1) is 0 Å². The zero-order chi connectivity index (χ0) is 17.5. The average Bonchev–Trinajstić information content (AvgIpc) is 2.54. The van der Waals surface area contributed by atoms with Crippen molar-refractivity contribution in [1.82, 2.24) is 5.32 Å². The third kappa shape index (κ3) is 5.56. The Kier molecular flexibility index (Phi) is 7.18. The van der Waals surface area contributed by atoms with Crippen molar-refractivity contribution < 1.29 is 14.6 Å². The molecule has 2 aromatic carbocycles. The summed E-state index contributed by atoms with van der Waals surface area (Å²) in [5, 5.41) is 13.6. The zero-order valence-electron chi connectivity index (χ0n) is 13.7. The molecule has 0 spiro atoms. The van der Waals surface area contributed by atoms with Crippen LogP contribution in [0.4, 0.5) is 0 Å². The number of methoxy groups -OCH3 is 1. The quantitative estimate of drug-likeness (QED) is 0.736. The van der Waals surface area contributed by atoms with Gasteiger partial charge >= 0.3 is 0 Å². The summed E-state index contributed by atoms with van der Waals surface area (Å²) in [6.45, 7) is 3.19. The molecule has 0 aliphatic rings. The van der Waals surface area contributed by atoms with Gasteiger partial charge in [-0.1, -0.05) is 35.3 Å². The van der Waals surface area contributed by atoms with Crippen molar-refractivity contribution in [2.45, 2.75) is 26.2 Å². The molecule has 1 atom stereocenters. The molecule has 4 nitrogen and oxygen atoms in total. The highest BCUT2D eigenvalue weighted by atomic mass is 35.5. The summed E-state index contributed by atoms with van der Waals surface area (Å²) in [6.07, 6.45) is -0.399. The lowest BCUT2D eigenvalue weighted by Crippen LogP contribution is -2.23. The Morgan fingerprint density at radius 3 is 2.46 bits per heavy atom. The fourth-order valence-corrected chi connectivity index (χ4v) is 2.59. The van der Waals surface area contributed by atoms with Crippen LogP contribution in [0.3, 0.4) is 0 Å². The van der Waals surface area contributed by atoms with E-state index in [1.54, 1.807) is 14.0 Å². The minimum atomic E-state index is -0.399. The smallest absolute Gasteiger partial charge is 0.180 e. The molecule has 0 radical (unpaired) electrons. The molecule has 0 unspecified atom stereocenters. The average molecular weight is 370 g/mol. The lowest BCUT2D eigenvalue weighted by molar-refractivity contribution is 0.191. The predicted molar refractivity (Wildman–Crippen MR) is 97.2 cm³/mol. The number of hydrogen-bond donors (Lipinski definition) is 2. The molecule has 0 saturated heterocycles. The molecule has 6 heteroatoms. The highest BCUT2D eigenvalue weighted by Gasteiger charge is 2.12. The highest BCUT2D eigenvalue weighted by molar-refractivity contribution is 6.32. The minimum Gasteiger partial charge on any atom is -0.493 e. The first-order valence-electron chi connectivity index (χ1n) is 7.62. The van der Waals surface area contributed by atoms with E-state index < -0.39 is 6.10 Å². The van der Waals surface area contributed by atoms with E-state index in [4.69, 9.17) is 32.7 Å². The molecule has 0 aliphatic carbocycles. The van der Waals surface area contributed by atoms with Gasteiger partial charge in [0.15, 0.2) is 11.5 Å². The molecule has 0 heterocycles. The summed E-state index contributed by atoms with van der Waals surface area (Å²) >= 11 is 12.2. The maximum absolute atomic E-state index is 9.28. The van der Waals surface area contributed by atoms with Gasteiger partial charge in [-0.2, -0.15) is 0 Å². The van der Waals surface area contributed by atoms with E-state index in [9.17, 15) is 5.11 Å². The van der Waals surface area contributed by atoms with E-state index in [1.165, 1.54) is 0 Å². The van der Waals surface area contributed by atoms with E-state index in [1.807, 2.05) is 36.4 Å². The van der Waals surface area contributed by atoms with Crippen molar-refractivity contribution in [2.24, 2.45) is 0 Å². The van der Waals surface area contributed by atoms with Gasteiger partial charge in [0.05, 0.1) is 18.2 Å². The Balaban J connectivity index is 2.07. The van der Waals surface area contributed by atoms with Gasteiger partial charge in [0, 0.05) is 18.1 Å². The summed E-state index contributed by atoms with van der Waals surface area (Å²) in [5.41, 5.74) is 1.94. The Morgan fingerprint density at radius 1 is 1.12 bits per heavy atom. The van der Waals surface area contributed by atoms with E-state index >= 15 is 0 Å². The van der Waals surface area contributed by atoms with Crippen molar-refractivity contribution in [2.75, 3.05) is 13.7 Å². The van der Waals surface area contributed by atoms with E-state index in [0.717, 1.165) is 11.1 Å². The molecule has 0 bridgehead atoms. The van der Waals surface area contributed by atoms with Gasteiger partial charge in [0.2, 0.25) is 0 Å². The number of hydrogen-bond acceptors (Lipinski definition) is 4. The molecule has 2 aromatic rings. The molecule has 0 aromatic heterocycles. The molecular weight excluding hydrogens is 349 g/mol. The molecule has 130 valence electrons. The zero-order valence-corrected chi connectivity index (χ0v) is 15.2. The van der Waals surface area contributed by atoms with E-state index in [2.05, 4.69) is 5.32 Å². The molecule has 24 heavy (non-hydrogen) atoms. The highest BCUT2D eigenvalue weighted by Crippen LogP contribution is 2.37. The molecule has 0 aliphatic heterocycles. The lowest BCUT2D eigenvalue weighted by Gasteiger charge is -2.15. The minimum absolute atomic E-state index is 0.368. The predicted octanol–water partition coefficient (Wildman–Crippen LogP) is 4.05. The van der Waals surface area contributed by atoms with Gasteiger partial charge in [-0.05, 0) is 42.3 Å². The van der Waals surface area contributed by atoms with Crippen LogP contribution in [0.1, 0.15) is 18.1 Å².